The van der Waals surface area contributed by atoms with Crippen LogP contribution in [0, 0.1) is 6.07 Å². The van der Waals surface area contributed by atoms with Crippen molar-refractivity contribution in [3.8, 4) is 0 Å². The van der Waals surface area contributed by atoms with E-state index in [1.54, 1.807) is 12.1 Å². The molecule has 1 aromatic heterocycles. The standard InChI is InChI=1S/C5H2Cl2N.ClH.Mg/c6-4-2-1-3-5(7)8-4;;/h2-3H;1H;/q-1;;+2/p-1. The van der Waals surface area contributed by atoms with Crippen LogP contribution in [0.4, 0.5) is 0 Å². The molecular weight excluding hydrogens is 205 g/mol. The van der Waals surface area contributed by atoms with Crippen LogP contribution >= 0.6 is 23.2 Å². The summed E-state index contributed by atoms with van der Waals surface area (Å²) in [4.78, 5) is 3.67. The van der Waals surface area contributed by atoms with Crippen LogP contribution in [0.5, 0.6) is 0 Å². The molecule has 5 heteroatoms. The Balaban J connectivity index is 0. The summed E-state index contributed by atoms with van der Waals surface area (Å²) in [5.74, 6) is 0. The largest absolute Gasteiger partial charge is 2.00 e. The van der Waals surface area contributed by atoms with E-state index in [1.807, 2.05) is 0 Å². The van der Waals surface area contributed by atoms with Gasteiger partial charge in [-0.1, -0.05) is 0 Å². The Morgan fingerprint density at radius 3 is 1.80 bits per heavy atom. The molecule has 0 saturated heterocycles. The fourth-order valence-electron chi connectivity index (χ4n) is 0.346. The average molecular weight is 207 g/mol. The van der Waals surface area contributed by atoms with Gasteiger partial charge in [-0.15, -0.1) is 35.3 Å². The molecule has 0 fully saturated rings. The van der Waals surface area contributed by atoms with E-state index in [9.17, 15) is 0 Å². The van der Waals surface area contributed by atoms with Gasteiger partial charge in [-0.25, -0.2) is 0 Å². The van der Waals surface area contributed by atoms with Gasteiger partial charge in [0.05, 0.1) is 0 Å². The van der Waals surface area contributed by atoms with Gasteiger partial charge in [-0.05, 0) is 0 Å². The first-order valence-corrected chi connectivity index (χ1v) is 2.74. The minimum atomic E-state index is 0. The summed E-state index contributed by atoms with van der Waals surface area (Å²) in [5.41, 5.74) is 0. The van der Waals surface area contributed by atoms with E-state index in [1.165, 1.54) is 0 Å². The van der Waals surface area contributed by atoms with E-state index < -0.39 is 0 Å². The molecule has 1 rings (SSSR count). The molecule has 1 aromatic rings. The van der Waals surface area contributed by atoms with Crippen LogP contribution in [0.25, 0.3) is 0 Å². The number of hydrogen-bond acceptors (Lipinski definition) is 1. The molecule has 0 unspecified atom stereocenters. The van der Waals surface area contributed by atoms with Gasteiger partial charge in [0.25, 0.3) is 0 Å². The Kier molecular flexibility index (Phi) is 8.69. The second kappa shape index (κ2) is 6.49. The average Bonchev–Trinajstić information content (AvgIpc) is 1.64. The number of halogens is 3. The fourth-order valence-corrected chi connectivity index (χ4v) is 0.697. The molecule has 0 N–H and O–H groups in total. The summed E-state index contributed by atoms with van der Waals surface area (Å²) in [7, 11) is 0. The zero-order valence-electron chi connectivity index (χ0n) is 4.94. The second-order valence-electron chi connectivity index (χ2n) is 1.21. The molecule has 0 radical (unpaired) electrons. The molecule has 0 saturated carbocycles. The van der Waals surface area contributed by atoms with Gasteiger partial charge in [-0.3, -0.25) is 0 Å². The SMILES string of the molecule is Clc1c[c-]cc(Cl)n1.[Cl-].[Mg+2]. The van der Waals surface area contributed by atoms with Crippen molar-refractivity contribution >= 4 is 46.3 Å². The van der Waals surface area contributed by atoms with E-state index in [4.69, 9.17) is 23.2 Å². The predicted octanol–water partition coefficient (Wildman–Crippen LogP) is -1.19. The minimum absolute atomic E-state index is 0. The van der Waals surface area contributed by atoms with E-state index >= 15 is 0 Å². The fraction of sp³-hybridized carbons (Fsp3) is 0. The molecule has 0 aromatic carbocycles. The van der Waals surface area contributed by atoms with Crippen molar-refractivity contribution < 1.29 is 12.4 Å². The summed E-state index contributed by atoms with van der Waals surface area (Å²) in [5, 5.41) is 0.745. The van der Waals surface area contributed by atoms with Crippen LogP contribution in [-0.2, 0) is 0 Å². The first-order chi connectivity index (χ1) is 3.79. The van der Waals surface area contributed by atoms with E-state index in [0.717, 1.165) is 0 Å². The molecule has 1 heterocycles. The normalized spacial score (nSPS) is 7.40. The summed E-state index contributed by atoms with van der Waals surface area (Å²) < 4.78 is 0. The third-order valence-electron chi connectivity index (χ3n) is 0.618. The first-order valence-electron chi connectivity index (χ1n) is 1.98. The van der Waals surface area contributed by atoms with Crippen LogP contribution in [0.2, 0.25) is 10.3 Å². The Morgan fingerprint density at radius 1 is 1.20 bits per heavy atom. The molecule has 50 valence electrons. The van der Waals surface area contributed by atoms with Gasteiger partial charge in [-0.2, -0.15) is 6.07 Å². The van der Waals surface area contributed by atoms with Crippen LogP contribution in [0.15, 0.2) is 12.1 Å². The molecular formula is C5H2Cl3MgN. The molecule has 0 amide bonds. The summed E-state index contributed by atoms with van der Waals surface area (Å²) in [6.07, 6.45) is 0. The van der Waals surface area contributed by atoms with E-state index in [0.29, 0.717) is 10.3 Å². The molecule has 10 heavy (non-hydrogen) atoms. The van der Waals surface area contributed by atoms with Crippen molar-refractivity contribution in [3.05, 3.63) is 28.5 Å². The van der Waals surface area contributed by atoms with Crippen molar-refractivity contribution in [1.82, 2.24) is 4.98 Å². The van der Waals surface area contributed by atoms with Gasteiger partial charge < -0.3 is 17.4 Å². The van der Waals surface area contributed by atoms with Crippen LogP contribution in [0.3, 0.4) is 0 Å². The smallest absolute Gasteiger partial charge is 1.00 e. The third kappa shape index (κ3) is 4.58. The maximum atomic E-state index is 5.42. The minimum Gasteiger partial charge on any atom is -1.00 e. The maximum absolute atomic E-state index is 5.42. The van der Waals surface area contributed by atoms with Crippen molar-refractivity contribution in [1.29, 1.82) is 0 Å². The number of rotatable bonds is 0. The monoisotopic (exact) mass is 205 g/mol. The maximum Gasteiger partial charge on any atom is 2.00 e. The van der Waals surface area contributed by atoms with Gasteiger partial charge in [0.2, 0.25) is 0 Å². The van der Waals surface area contributed by atoms with Gasteiger partial charge >= 0.3 is 23.1 Å². The number of aromatic nitrogens is 1. The summed E-state index contributed by atoms with van der Waals surface area (Å²) in [6, 6.07) is 5.80. The molecule has 0 aliphatic carbocycles. The molecule has 1 nitrogen and oxygen atoms in total. The summed E-state index contributed by atoms with van der Waals surface area (Å²) >= 11 is 10.8. The number of pyridine rings is 1. The van der Waals surface area contributed by atoms with Crippen LogP contribution in [-0.4, -0.2) is 28.0 Å². The second-order valence-corrected chi connectivity index (χ2v) is 1.99. The molecule has 0 atom stereocenters. The van der Waals surface area contributed by atoms with Crippen molar-refractivity contribution in [3.63, 3.8) is 0 Å². The molecule has 0 aliphatic rings. The van der Waals surface area contributed by atoms with Crippen molar-refractivity contribution in [2.45, 2.75) is 0 Å². The third-order valence-corrected chi connectivity index (χ3v) is 1.01. The Hall–Kier alpha value is 0.786. The van der Waals surface area contributed by atoms with Crippen molar-refractivity contribution in [2.24, 2.45) is 0 Å². The number of nitrogens with zero attached hydrogens (tertiary/aromatic N) is 1. The first kappa shape index (κ1) is 13.4. The molecule has 0 spiro atoms. The van der Waals surface area contributed by atoms with Crippen LogP contribution < -0.4 is 12.4 Å². The zero-order valence-corrected chi connectivity index (χ0v) is 8.62. The van der Waals surface area contributed by atoms with Crippen LogP contribution in [0.1, 0.15) is 0 Å². The Bertz CT molecular complexity index is 177. The number of hydrogen-bond donors (Lipinski definition) is 0. The predicted molar refractivity (Wildman–Crippen MR) is 38.8 cm³/mol. The van der Waals surface area contributed by atoms with Gasteiger partial charge in [0.1, 0.15) is 0 Å². The quantitative estimate of drug-likeness (QED) is 0.296. The zero-order chi connectivity index (χ0) is 5.98. The Morgan fingerprint density at radius 2 is 1.60 bits per heavy atom. The van der Waals surface area contributed by atoms with E-state index in [2.05, 4.69) is 11.1 Å². The van der Waals surface area contributed by atoms with E-state index in [-0.39, 0.29) is 35.5 Å². The molecule has 0 aliphatic heterocycles. The Labute approximate surface area is 91.7 Å². The van der Waals surface area contributed by atoms with Gasteiger partial charge in [0.15, 0.2) is 0 Å². The summed E-state index contributed by atoms with van der Waals surface area (Å²) in [6.45, 7) is 0. The van der Waals surface area contributed by atoms with Gasteiger partial charge in [0, 0.05) is 10.3 Å². The molecule has 0 bridgehead atoms. The van der Waals surface area contributed by atoms with Crippen molar-refractivity contribution in [2.75, 3.05) is 0 Å². The topological polar surface area (TPSA) is 12.9 Å².